The Balaban J connectivity index is 1.85. The topological polar surface area (TPSA) is 46.6 Å². The Morgan fingerprint density at radius 3 is 2.32 bits per heavy atom. The number of carbonyl (C=O) groups is 2. The fraction of sp³-hybridized carbons (Fsp3) is 0.105. The molecule has 0 radical (unpaired) electrons. The largest absolute Gasteiger partial charge is 0.497 e. The molecule has 1 fully saturated rings. The number of thioether (sulfide) groups is 1. The maximum absolute atomic E-state index is 12.7. The molecule has 25 heavy (non-hydrogen) atoms. The first-order chi connectivity index (χ1) is 12.0. The van der Waals surface area contributed by atoms with E-state index in [9.17, 15) is 9.59 Å². The van der Waals surface area contributed by atoms with Crippen molar-refractivity contribution in [2.75, 3.05) is 12.0 Å². The van der Waals surface area contributed by atoms with Crippen LogP contribution in [-0.2, 0) is 4.79 Å². The lowest BCUT2D eigenvalue weighted by Crippen LogP contribution is -2.27. The Morgan fingerprint density at radius 1 is 1.12 bits per heavy atom. The molecular weight excluding hydrogens is 354 g/mol. The molecule has 4 nitrogen and oxygen atoms in total. The number of ether oxygens (including phenoxy) is 1. The highest BCUT2D eigenvalue weighted by Crippen LogP contribution is 2.36. The number of nitrogens with zero attached hydrogens (tertiary/aromatic N) is 1. The van der Waals surface area contributed by atoms with Crippen molar-refractivity contribution in [1.82, 2.24) is 0 Å². The number of rotatable bonds is 4. The van der Waals surface area contributed by atoms with E-state index in [1.807, 2.05) is 12.1 Å². The van der Waals surface area contributed by atoms with Crippen LogP contribution in [0.4, 0.5) is 5.69 Å². The first-order valence-corrected chi connectivity index (χ1v) is 8.75. The van der Waals surface area contributed by atoms with Crippen LogP contribution in [0, 0.1) is 0 Å². The highest BCUT2D eigenvalue weighted by molar-refractivity contribution is 8.27. The van der Waals surface area contributed by atoms with Gasteiger partial charge in [0, 0.05) is 5.56 Å². The third-order valence-electron chi connectivity index (χ3n) is 3.74. The zero-order chi connectivity index (χ0) is 18.0. The van der Waals surface area contributed by atoms with Crippen LogP contribution in [0.3, 0.4) is 0 Å². The molecule has 0 bridgehead atoms. The molecule has 0 saturated carbocycles. The minimum atomic E-state index is -0.157. The second-order valence-electron chi connectivity index (χ2n) is 5.39. The lowest BCUT2D eigenvalue weighted by Gasteiger charge is -2.14. The Bertz CT molecular complexity index is 871. The highest BCUT2D eigenvalue weighted by atomic mass is 32.2. The molecule has 0 spiro atoms. The Morgan fingerprint density at radius 2 is 1.76 bits per heavy atom. The third kappa shape index (κ3) is 3.65. The molecule has 1 amide bonds. The summed E-state index contributed by atoms with van der Waals surface area (Å²) in [6, 6.07) is 14.3. The molecule has 0 unspecified atom stereocenters. The standard InChI is InChI=1S/C19H15NO3S2/c1-12(21)14-5-3-13(4-6-14)11-17-18(22)20(19(24)25-17)15-7-9-16(23-2)10-8-15/h3-11H,1-2H3/b17-11+. The van der Waals surface area contributed by atoms with E-state index in [2.05, 4.69) is 0 Å². The summed E-state index contributed by atoms with van der Waals surface area (Å²) < 4.78 is 5.62. The number of carbonyl (C=O) groups excluding carboxylic acids is 2. The second kappa shape index (κ2) is 7.21. The number of benzene rings is 2. The molecule has 0 aliphatic carbocycles. The number of methoxy groups -OCH3 is 1. The van der Waals surface area contributed by atoms with Gasteiger partial charge < -0.3 is 4.74 Å². The normalized spacial score (nSPS) is 15.8. The first kappa shape index (κ1) is 17.4. The first-order valence-electron chi connectivity index (χ1n) is 7.52. The number of anilines is 1. The van der Waals surface area contributed by atoms with Crippen LogP contribution in [-0.4, -0.2) is 23.1 Å². The number of amides is 1. The molecule has 0 atom stereocenters. The molecule has 6 heteroatoms. The van der Waals surface area contributed by atoms with Gasteiger partial charge in [-0.2, -0.15) is 0 Å². The van der Waals surface area contributed by atoms with Crippen molar-refractivity contribution < 1.29 is 14.3 Å². The van der Waals surface area contributed by atoms with Crippen molar-refractivity contribution in [2.45, 2.75) is 6.92 Å². The van der Waals surface area contributed by atoms with E-state index in [-0.39, 0.29) is 11.7 Å². The Kier molecular flexibility index (Phi) is 5.01. The summed E-state index contributed by atoms with van der Waals surface area (Å²) in [6.07, 6.45) is 1.78. The van der Waals surface area contributed by atoms with Gasteiger partial charge in [-0.1, -0.05) is 48.2 Å². The maximum Gasteiger partial charge on any atom is 0.270 e. The predicted octanol–water partition coefficient (Wildman–Crippen LogP) is 4.30. The summed E-state index contributed by atoms with van der Waals surface area (Å²) >= 11 is 6.62. The average molecular weight is 369 g/mol. The number of Topliss-reactive ketones (excluding diaryl/α,β-unsaturated/α-hetero) is 1. The van der Waals surface area contributed by atoms with E-state index in [1.54, 1.807) is 49.6 Å². The van der Waals surface area contributed by atoms with Gasteiger partial charge in [-0.25, -0.2) is 0 Å². The molecule has 0 aromatic heterocycles. The minimum Gasteiger partial charge on any atom is -0.497 e. The fourth-order valence-electron chi connectivity index (χ4n) is 2.39. The summed E-state index contributed by atoms with van der Waals surface area (Å²) in [6.45, 7) is 1.52. The van der Waals surface area contributed by atoms with Gasteiger partial charge in [0.2, 0.25) is 0 Å². The lowest BCUT2D eigenvalue weighted by atomic mass is 10.1. The fourth-order valence-corrected chi connectivity index (χ4v) is 3.69. The predicted molar refractivity (Wildman–Crippen MR) is 105 cm³/mol. The van der Waals surface area contributed by atoms with Gasteiger partial charge in [-0.15, -0.1) is 0 Å². The molecule has 1 saturated heterocycles. The average Bonchev–Trinajstić information content (AvgIpc) is 2.89. The second-order valence-corrected chi connectivity index (χ2v) is 7.07. The molecule has 1 aliphatic heterocycles. The number of thiocarbonyl (C=S) groups is 1. The van der Waals surface area contributed by atoms with E-state index in [0.717, 1.165) is 11.3 Å². The summed E-state index contributed by atoms with van der Waals surface area (Å²) in [7, 11) is 1.59. The number of ketones is 1. The van der Waals surface area contributed by atoms with Gasteiger partial charge >= 0.3 is 0 Å². The Labute approximate surface area is 155 Å². The van der Waals surface area contributed by atoms with Gasteiger partial charge in [-0.3, -0.25) is 14.5 Å². The molecule has 0 N–H and O–H groups in total. The molecule has 3 rings (SSSR count). The van der Waals surface area contributed by atoms with Gasteiger partial charge in [-0.05, 0) is 42.8 Å². The maximum atomic E-state index is 12.7. The summed E-state index contributed by atoms with van der Waals surface area (Å²) in [5.41, 5.74) is 2.20. The van der Waals surface area contributed by atoms with Crippen LogP contribution in [0.5, 0.6) is 5.75 Å². The third-order valence-corrected chi connectivity index (χ3v) is 5.04. The van der Waals surface area contributed by atoms with E-state index >= 15 is 0 Å². The van der Waals surface area contributed by atoms with Gasteiger partial charge in [0.05, 0.1) is 17.7 Å². The van der Waals surface area contributed by atoms with Crippen molar-refractivity contribution >= 4 is 51.8 Å². The SMILES string of the molecule is COc1ccc(N2C(=O)/C(=C\c3ccc(C(C)=O)cc3)SC2=S)cc1. The smallest absolute Gasteiger partial charge is 0.270 e. The van der Waals surface area contributed by atoms with Crippen molar-refractivity contribution in [1.29, 1.82) is 0 Å². The Hall–Kier alpha value is -2.44. The van der Waals surface area contributed by atoms with Crippen LogP contribution < -0.4 is 9.64 Å². The molecular formula is C19H15NO3S2. The summed E-state index contributed by atoms with van der Waals surface area (Å²) in [4.78, 5) is 26.1. The van der Waals surface area contributed by atoms with Crippen LogP contribution in [0.25, 0.3) is 6.08 Å². The molecule has 1 heterocycles. The number of hydrogen-bond donors (Lipinski definition) is 0. The minimum absolute atomic E-state index is 0.0115. The van der Waals surface area contributed by atoms with Gasteiger partial charge in [0.15, 0.2) is 10.1 Å². The summed E-state index contributed by atoms with van der Waals surface area (Å²) in [5.74, 6) is 0.573. The zero-order valence-corrected chi connectivity index (χ0v) is 15.3. The van der Waals surface area contributed by atoms with E-state index in [4.69, 9.17) is 17.0 Å². The molecule has 2 aromatic carbocycles. The van der Waals surface area contributed by atoms with Crippen molar-refractivity contribution in [3.8, 4) is 5.75 Å². The van der Waals surface area contributed by atoms with Gasteiger partial charge in [0.1, 0.15) is 5.75 Å². The van der Waals surface area contributed by atoms with E-state index in [0.29, 0.717) is 20.5 Å². The van der Waals surface area contributed by atoms with E-state index in [1.165, 1.54) is 23.6 Å². The van der Waals surface area contributed by atoms with E-state index < -0.39 is 0 Å². The van der Waals surface area contributed by atoms with Crippen LogP contribution >= 0.6 is 24.0 Å². The van der Waals surface area contributed by atoms with Crippen molar-refractivity contribution in [3.63, 3.8) is 0 Å². The van der Waals surface area contributed by atoms with Gasteiger partial charge in [0.25, 0.3) is 5.91 Å². The lowest BCUT2D eigenvalue weighted by molar-refractivity contribution is -0.113. The number of hydrogen-bond acceptors (Lipinski definition) is 5. The molecule has 126 valence electrons. The van der Waals surface area contributed by atoms with Crippen molar-refractivity contribution in [2.24, 2.45) is 0 Å². The monoisotopic (exact) mass is 369 g/mol. The molecule has 1 aliphatic rings. The summed E-state index contributed by atoms with van der Waals surface area (Å²) in [5, 5.41) is 0. The van der Waals surface area contributed by atoms with Crippen LogP contribution in [0.2, 0.25) is 0 Å². The van der Waals surface area contributed by atoms with Crippen LogP contribution in [0.1, 0.15) is 22.8 Å². The molecule has 2 aromatic rings. The van der Waals surface area contributed by atoms with Crippen molar-refractivity contribution in [3.05, 3.63) is 64.6 Å². The highest BCUT2D eigenvalue weighted by Gasteiger charge is 2.33. The quantitative estimate of drug-likeness (QED) is 0.457. The van der Waals surface area contributed by atoms with Crippen LogP contribution in [0.15, 0.2) is 53.4 Å². The zero-order valence-electron chi connectivity index (χ0n) is 13.7.